The predicted molar refractivity (Wildman–Crippen MR) is 186 cm³/mol. The summed E-state index contributed by atoms with van der Waals surface area (Å²) in [4.78, 5) is -0.733. The third-order valence-corrected chi connectivity index (χ3v) is 9.14. The Kier molecular flexibility index (Phi) is 17.9. The molecule has 0 aliphatic rings. The van der Waals surface area contributed by atoms with Gasteiger partial charge in [-0.25, -0.2) is 8.42 Å². The topological polar surface area (TPSA) is 173 Å². The van der Waals surface area contributed by atoms with Gasteiger partial charge in [0.25, 0.3) is 10.1 Å². The van der Waals surface area contributed by atoms with Crippen LogP contribution in [0.25, 0.3) is 0 Å². The number of aryl methyl sites for hydroxylation is 2. The molecule has 0 atom stereocenters. The summed E-state index contributed by atoms with van der Waals surface area (Å²) in [5.74, 6) is 0.461. The molecular formula is C36H42CaO10S2. The van der Waals surface area contributed by atoms with Crippen LogP contribution in [0.3, 0.4) is 0 Å². The fourth-order valence-electron chi connectivity index (χ4n) is 4.89. The number of phenolic OH excluding ortho intramolecular Hbond substituents is 1. The zero-order chi connectivity index (χ0) is 35.2. The molecule has 2 N–H and O–H groups in total. The van der Waals surface area contributed by atoms with E-state index in [1.54, 1.807) is 30.3 Å². The van der Waals surface area contributed by atoms with Crippen LogP contribution in [-0.4, -0.2) is 68.8 Å². The first-order chi connectivity index (χ1) is 22.8. The quantitative estimate of drug-likeness (QED) is 0.0657. The van der Waals surface area contributed by atoms with E-state index in [0.717, 1.165) is 75.3 Å². The number of hydrogen-bond donors (Lipinski definition) is 2. The van der Waals surface area contributed by atoms with Crippen molar-refractivity contribution in [3.63, 3.8) is 0 Å². The molecular weight excluding hydrogens is 697 g/mol. The maximum absolute atomic E-state index is 11.6. The minimum Gasteiger partial charge on any atom is -0.872 e. The van der Waals surface area contributed by atoms with Gasteiger partial charge in [0, 0.05) is 6.07 Å². The molecule has 0 saturated heterocycles. The number of para-hydroxylation sites is 2. The van der Waals surface area contributed by atoms with Gasteiger partial charge in [0.05, 0.1) is 4.90 Å². The molecule has 0 aliphatic carbocycles. The van der Waals surface area contributed by atoms with Crippen molar-refractivity contribution in [2.45, 2.75) is 87.8 Å². The Bertz CT molecular complexity index is 1710. The van der Waals surface area contributed by atoms with Gasteiger partial charge in [0.1, 0.15) is 43.8 Å². The van der Waals surface area contributed by atoms with Crippen LogP contribution in [0.1, 0.15) is 76.3 Å². The second-order valence-electron chi connectivity index (χ2n) is 11.2. The molecule has 0 amide bonds. The van der Waals surface area contributed by atoms with Crippen molar-refractivity contribution in [2.75, 3.05) is 0 Å². The molecule has 0 saturated carbocycles. The van der Waals surface area contributed by atoms with E-state index in [4.69, 9.17) is 9.47 Å². The summed E-state index contributed by atoms with van der Waals surface area (Å²) in [6.07, 6.45) is 10.1. The van der Waals surface area contributed by atoms with Crippen molar-refractivity contribution in [3.05, 3.63) is 96.1 Å². The van der Waals surface area contributed by atoms with E-state index in [0.29, 0.717) is 11.5 Å². The van der Waals surface area contributed by atoms with Gasteiger partial charge in [-0.05, 0) is 73.2 Å². The maximum atomic E-state index is 11.6. The van der Waals surface area contributed by atoms with E-state index < -0.39 is 25.1 Å². The number of aromatic hydroxyl groups is 1. The fourth-order valence-corrected chi connectivity index (χ4v) is 6.11. The summed E-state index contributed by atoms with van der Waals surface area (Å²) in [6.45, 7) is 4.27. The number of phenols is 1. The summed E-state index contributed by atoms with van der Waals surface area (Å²) in [7, 11) is -9.04. The Hall–Kier alpha value is -2.84. The molecule has 10 nitrogen and oxygen atoms in total. The minimum absolute atomic E-state index is 0. The first kappa shape index (κ1) is 42.3. The van der Waals surface area contributed by atoms with Crippen LogP contribution >= 0.6 is 0 Å². The Morgan fingerprint density at radius 1 is 0.612 bits per heavy atom. The van der Waals surface area contributed by atoms with Crippen LogP contribution in [0.2, 0.25) is 0 Å². The summed E-state index contributed by atoms with van der Waals surface area (Å²) in [5, 5.41) is 21.3. The molecule has 4 rings (SSSR count). The molecule has 13 heteroatoms. The molecule has 0 aliphatic heterocycles. The van der Waals surface area contributed by atoms with Crippen LogP contribution in [0.5, 0.6) is 34.5 Å². The second-order valence-corrected chi connectivity index (χ2v) is 13.9. The summed E-state index contributed by atoms with van der Waals surface area (Å²) in [5.41, 5.74) is 1.71. The van der Waals surface area contributed by atoms with E-state index in [2.05, 4.69) is 13.8 Å². The third-order valence-electron chi connectivity index (χ3n) is 7.37. The number of hydrogen-bond acceptors (Lipinski definition) is 9. The van der Waals surface area contributed by atoms with Gasteiger partial charge in [0.2, 0.25) is 0 Å². The first-order valence-electron chi connectivity index (χ1n) is 15.9. The average Bonchev–Trinajstić information content (AvgIpc) is 3.03. The van der Waals surface area contributed by atoms with Crippen molar-refractivity contribution < 1.29 is 45.6 Å². The van der Waals surface area contributed by atoms with Crippen molar-refractivity contribution >= 4 is 58.0 Å². The summed E-state index contributed by atoms with van der Waals surface area (Å²) in [6, 6.07) is 20.8. The number of ether oxygens (including phenoxy) is 2. The Morgan fingerprint density at radius 2 is 1.08 bits per heavy atom. The van der Waals surface area contributed by atoms with Crippen LogP contribution < -0.4 is 14.6 Å². The van der Waals surface area contributed by atoms with Gasteiger partial charge in [-0.15, -0.1) is 5.75 Å². The van der Waals surface area contributed by atoms with E-state index in [1.165, 1.54) is 54.6 Å². The van der Waals surface area contributed by atoms with Crippen molar-refractivity contribution in [1.82, 2.24) is 0 Å². The van der Waals surface area contributed by atoms with E-state index in [1.807, 2.05) is 0 Å². The molecule has 4 aromatic carbocycles. The van der Waals surface area contributed by atoms with Gasteiger partial charge in [-0.3, -0.25) is 4.55 Å². The summed E-state index contributed by atoms with van der Waals surface area (Å²) < 4.78 is 77.6. The number of rotatable bonds is 16. The molecule has 0 bridgehead atoms. The standard InChI is InChI=1S/2C18H22O5S.Ca/c2*1-2-3-4-5-8-14-11-12-15(19)13-17(14)23-16-9-6-7-10-18(16)24(20,21)22;/h2*6-7,9-13,19H,2-5,8H2,1H3,(H,20,21,22);/q;;+2/p-2. The van der Waals surface area contributed by atoms with Gasteiger partial charge < -0.3 is 24.2 Å². The van der Waals surface area contributed by atoms with Crippen LogP contribution in [0.15, 0.2) is 94.7 Å². The van der Waals surface area contributed by atoms with Crippen molar-refractivity contribution in [3.8, 4) is 34.5 Å². The van der Waals surface area contributed by atoms with Gasteiger partial charge in [0.15, 0.2) is 0 Å². The van der Waals surface area contributed by atoms with E-state index >= 15 is 0 Å². The van der Waals surface area contributed by atoms with Crippen LogP contribution in [0.4, 0.5) is 0 Å². The van der Waals surface area contributed by atoms with Crippen molar-refractivity contribution in [1.29, 1.82) is 0 Å². The predicted octanol–water partition coefficient (Wildman–Crippen LogP) is 7.75. The summed E-state index contributed by atoms with van der Waals surface area (Å²) >= 11 is 0. The molecule has 4 aromatic rings. The SMILES string of the molecule is CCCCCCc1ccc(O)cc1Oc1ccccc1S(=O)(=O)O.CCCCCCc1ccc([O-])cc1Oc1ccccc1S(=O)(=O)[O-].[Ca+2]. The smallest absolute Gasteiger partial charge is 0.872 e. The molecule has 260 valence electrons. The molecule has 0 spiro atoms. The molecule has 0 heterocycles. The Balaban J connectivity index is 0.000000333. The fraction of sp³-hybridized carbons (Fsp3) is 0.333. The van der Waals surface area contributed by atoms with Gasteiger partial charge >= 0.3 is 37.7 Å². The number of unbranched alkanes of at least 4 members (excludes halogenated alkanes) is 6. The number of benzene rings is 4. The van der Waals surface area contributed by atoms with Crippen LogP contribution in [-0.2, 0) is 33.1 Å². The van der Waals surface area contributed by atoms with Crippen LogP contribution in [0, 0.1) is 0 Å². The Labute approximate surface area is 319 Å². The molecule has 0 unspecified atom stereocenters. The van der Waals surface area contributed by atoms with E-state index in [-0.39, 0.29) is 65.6 Å². The Morgan fingerprint density at radius 3 is 1.59 bits per heavy atom. The largest absolute Gasteiger partial charge is 2.00 e. The molecule has 49 heavy (non-hydrogen) atoms. The van der Waals surface area contributed by atoms with E-state index in [9.17, 15) is 36.2 Å². The van der Waals surface area contributed by atoms with Gasteiger partial charge in [-0.2, -0.15) is 8.42 Å². The molecule has 0 aromatic heterocycles. The normalized spacial score (nSPS) is 11.2. The van der Waals surface area contributed by atoms with Crippen molar-refractivity contribution in [2.24, 2.45) is 0 Å². The van der Waals surface area contributed by atoms with Gasteiger partial charge in [-0.1, -0.05) is 94.8 Å². The second kappa shape index (κ2) is 20.7. The average molecular weight is 739 g/mol. The molecule has 0 fully saturated rings. The molecule has 0 radical (unpaired) electrons. The minimum atomic E-state index is -4.65. The zero-order valence-corrected chi connectivity index (χ0v) is 31.7. The first-order valence-corrected chi connectivity index (χ1v) is 18.8. The third kappa shape index (κ3) is 14.1. The zero-order valence-electron chi connectivity index (χ0n) is 27.8. The monoisotopic (exact) mass is 738 g/mol. The maximum Gasteiger partial charge on any atom is 2.00 e.